The summed E-state index contributed by atoms with van der Waals surface area (Å²) in [5.74, 6) is 0. The van der Waals surface area contributed by atoms with Crippen LogP contribution in [0.4, 0.5) is 0 Å². The molecule has 0 bridgehead atoms. The largest absolute Gasteiger partial charge is 0.309 e. The first-order chi connectivity index (χ1) is 19.4. The Balaban J connectivity index is 1.55. The fraction of sp³-hybridized carbons (Fsp3) is 0. The van der Waals surface area contributed by atoms with Gasteiger partial charge in [0, 0.05) is 16.6 Å². The van der Waals surface area contributed by atoms with E-state index in [0.29, 0.717) is 0 Å². The second-order valence-electron chi connectivity index (χ2n) is 10.1. The summed E-state index contributed by atoms with van der Waals surface area (Å²) in [6, 6.07) is 54.9. The first-order valence-electron chi connectivity index (χ1n) is 13.5. The molecule has 1 aromatic heterocycles. The molecule has 1 heteroatoms. The molecule has 0 saturated carbocycles. The summed E-state index contributed by atoms with van der Waals surface area (Å²) in [6.07, 6.45) is 0. The maximum Gasteiger partial charge on any atom is 0.0619 e. The summed E-state index contributed by atoms with van der Waals surface area (Å²) in [6.45, 7) is 0. The van der Waals surface area contributed by atoms with Crippen molar-refractivity contribution in [3.05, 3.63) is 152 Å². The Hall–Kier alpha value is -5.14. The monoisotopic (exact) mass is 495 g/mol. The summed E-state index contributed by atoms with van der Waals surface area (Å²) >= 11 is 0. The van der Waals surface area contributed by atoms with Gasteiger partial charge >= 0.3 is 0 Å². The van der Waals surface area contributed by atoms with Gasteiger partial charge in [0.2, 0.25) is 0 Å². The van der Waals surface area contributed by atoms with Crippen LogP contribution in [0.15, 0.2) is 152 Å². The zero-order valence-electron chi connectivity index (χ0n) is 21.4. The maximum absolute atomic E-state index is 2.47. The second-order valence-corrected chi connectivity index (χ2v) is 10.1. The fourth-order valence-corrected chi connectivity index (χ4v) is 6.31. The van der Waals surface area contributed by atoms with E-state index in [1.807, 2.05) is 0 Å². The van der Waals surface area contributed by atoms with E-state index >= 15 is 0 Å². The van der Waals surface area contributed by atoms with E-state index in [0.717, 1.165) is 5.69 Å². The molecule has 0 amide bonds. The van der Waals surface area contributed by atoms with Crippen LogP contribution < -0.4 is 0 Å². The first-order valence-corrected chi connectivity index (χ1v) is 13.5. The lowest BCUT2D eigenvalue weighted by Crippen LogP contribution is -1.98. The van der Waals surface area contributed by atoms with Gasteiger partial charge in [-0.2, -0.15) is 0 Å². The van der Waals surface area contributed by atoms with Gasteiger partial charge in [-0.15, -0.1) is 0 Å². The Morgan fingerprint density at radius 3 is 1.59 bits per heavy atom. The Kier molecular flexibility index (Phi) is 4.89. The molecule has 182 valence electrons. The molecule has 0 radical (unpaired) electrons. The zero-order chi connectivity index (χ0) is 25.8. The summed E-state index contributed by atoms with van der Waals surface area (Å²) in [4.78, 5) is 0. The van der Waals surface area contributed by atoms with E-state index in [1.165, 1.54) is 66.7 Å². The standard InChI is InChI=1S/C38H25N/c1-3-13-26(14-4-1)28-17-11-18-29(25-28)39-35-24-12-23-33-31-20-8-7-19-30(31)32-21-9-10-22-34(32)37(36(33)35)38(39)27-15-5-2-6-16-27/h1-25H. The maximum atomic E-state index is 2.47. The smallest absolute Gasteiger partial charge is 0.0619 e. The number of fused-ring (bicyclic) bond motifs is 5. The van der Waals surface area contributed by atoms with Crippen LogP contribution in [0, 0.1) is 0 Å². The minimum absolute atomic E-state index is 1.16. The Bertz CT molecular complexity index is 1990. The van der Waals surface area contributed by atoms with Gasteiger partial charge in [-0.05, 0) is 62.7 Å². The van der Waals surface area contributed by atoms with Crippen molar-refractivity contribution in [2.45, 2.75) is 0 Å². The van der Waals surface area contributed by atoms with Crippen LogP contribution in [0.3, 0.4) is 0 Å². The lowest BCUT2D eigenvalue weighted by atomic mass is 9.93. The van der Waals surface area contributed by atoms with E-state index in [1.54, 1.807) is 0 Å². The molecule has 8 rings (SSSR count). The van der Waals surface area contributed by atoms with E-state index in [4.69, 9.17) is 0 Å². The van der Waals surface area contributed by atoms with Crippen molar-refractivity contribution < 1.29 is 0 Å². The number of nitrogens with zero attached hydrogens (tertiary/aromatic N) is 1. The summed E-state index contributed by atoms with van der Waals surface area (Å²) in [5.41, 5.74) is 14.9. The minimum atomic E-state index is 1.16. The first kappa shape index (κ1) is 21.9. The predicted octanol–water partition coefficient (Wildman–Crippen LogP) is 10.3. The Labute approximate surface area is 228 Å². The molecule has 0 N–H and O–H groups in total. The van der Waals surface area contributed by atoms with Gasteiger partial charge in [-0.25, -0.2) is 0 Å². The number of hydrogen-bond donors (Lipinski definition) is 0. The predicted molar refractivity (Wildman–Crippen MR) is 164 cm³/mol. The normalized spacial score (nSPS) is 11.6. The molecule has 1 aliphatic rings. The van der Waals surface area contributed by atoms with Crippen molar-refractivity contribution >= 4 is 10.9 Å². The van der Waals surface area contributed by atoms with Gasteiger partial charge in [-0.1, -0.05) is 133 Å². The highest BCUT2D eigenvalue weighted by molar-refractivity contribution is 6.17. The third-order valence-corrected chi connectivity index (χ3v) is 7.96. The van der Waals surface area contributed by atoms with Crippen LogP contribution in [0.2, 0.25) is 0 Å². The van der Waals surface area contributed by atoms with E-state index in [2.05, 4.69) is 156 Å². The fourth-order valence-electron chi connectivity index (χ4n) is 6.31. The highest BCUT2D eigenvalue weighted by Gasteiger charge is 2.28. The van der Waals surface area contributed by atoms with Crippen LogP contribution in [0.25, 0.3) is 72.4 Å². The summed E-state index contributed by atoms with van der Waals surface area (Å²) in [7, 11) is 0. The van der Waals surface area contributed by atoms with Crippen molar-refractivity contribution in [2.24, 2.45) is 0 Å². The molecular formula is C38H25N. The third kappa shape index (κ3) is 3.34. The lowest BCUT2D eigenvalue weighted by molar-refractivity contribution is 1.14. The molecular weight excluding hydrogens is 470 g/mol. The molecule has 6 aromatic carbocycles. The number of aromatic nitrogens is 1. The van der Waals surface area contributed by atoms with Crippen molar-refractivity contribution in [1.29, 1.82) is 0 Å². The van der Waals surface area contributed by atoms with E-state index in [-0.39, 0.29) is 0 Å². The van der Waals surface area contributed by atoms with Crippen molar-refractivity contribution in [3.8, 4) is 61.5 Å². The lowest BCUT2D eigenvalue weighted by Gasteiger charge is -2.16. The van der Waals surface area contributed by atoms with Crippen LogP contribution >= 0.6 is 0 Å². The molecule has 0 saturated heterocycles. The van der Waals surface area contributed by atoms with Gasteiger partial charge in [0.1, 0.15) is 0 Å². The Morgan fingerprint density at radius 2 is 0.872 bits per heavy atom. The molecule has 0 aliphatic heterocycles. The van der Waals surface area contributed by atoms with Crippen LogP contribution in [-0.4, -0.2) is 4.57 Å². The summed E-state index contributed by atoms with van der Waals surface area (Å²) < 4.78 is 2.47. The highest BCUT2D eigenvalue weighted by atomic mass is 15.0. The van der Waals surface area contributed by atoms with Gasteiger partial charge in [0.05, 0.1) is 11.2 Å². The van der Waals surface area contributed by atoms with Gasteiger partial charge in [-0.3, -0.25) is 0 Å². The molecule has 7 aromatic rings. The highest BCUT2D eigenvalue weighted by Crippen LogP contribution is 2.52. The summed E-state index contributed by atoms with van der Waals surface area (Å²) in [5, 5.41) is 1.30. The zero-order valence-corrected chi connectivity index (χ0v) is 21.4. The van der Waals surface area contributed by atoms with Gasteiger partial charge in [0.25, 0.3) is 0 Å². The van der Waals surface area contributed by atoms with E-state index in [9.17, 15) is 0 Å². The third-order valence-electron chi connectivity index (χ3n) is 7.96. The topological polar surface area (TPSA) is 4.93 Å². The minimum Gasteiger partial charge on any atom is -0.309 e. The molecule has 1 heterocycles. The number of rotatable bonds is 3. The van der Waals surface area contributed by atoms with Crippen LogP contribution in [-0.2, 0) is 0 Å². The SMILES string of the molecule is c1ccc(-c2cccc(-n3c(-c4ccccc4)c4c5c(cccc53)-c3ccccc3-c3ccccc3-4)c2)cc1. The molecule has 1 nitrogen and oxygen atoms in total. The van der Waals surface area contributed by atoms with Crippen LogP contribution in [0.5, 0.6) is 0 Å². The van der Waals surface area contributed by atoms with Crippen LogP contribution in [0.1, 0.15) is 0 Å². The van der Waals surface area contributed by atoms with Crippen molar-refractivity contribution in [2.75, 3.05) is 0 Å². The molecule has 0 fully saturated rings. The number of hydrogen-bond acceptors (Lipinski definition) is 0. The van der Waals surface area contributed by atoms with Gasteiger partial charge < -0.3 is 4.57 Å². The van der Waals surface area contributed by atoms with Crippen molar-refractivity contribution in [1.82, 2.24) is 4.57 Å². The quantitative estimate of drug-likeness (QED) is 0.230. The Morgan fingerprint density at radius 1 is 0.359 bits per heavy atom. The second kappa shape index (κ2) is 8.72. The van der Waals surface area contributed by atoms with Gasteiger partial charge in [0.15, 0.2) is 0 Å². The molecule has 0 atom stereocenters. The molecule has 0 spiro atoms. The molecule has 1 aliphatic carbocycles. The average Bonchev–Trinajstić information content (AvgIpc) is 3.31. The number of benzene rings is 6. The molecule has 0 unspecified atom stereocenters. The average molecular weight is 496 g/mol. The van der Waals surface area contributed by atoms with E-state index < -0.39 is 0 Å². The van der Waals surface area contributed by atoms with Crippen molar-refractivity contribution in [3.63, 3.8) is 0 Å². The molecule has 39 heavy (non-hydrogen) atoms.